The molecule has 1 atom stereocenters. The number of rotatable bonds is 5. The first-order chi connectivity index (χ1) is 9.19. The zero-order chi connectivity index (χ0) is 13.7. The molecule has 0 radical (unpaired) electrons. The second-order valence-corrected chi connectivity index (χ2v) is 5.78. The van der Waals surface area contributed by atoms with E-state index in [9.17, 15) is 4.79 Å². The van der Waals surface area contributed by atoms with Crippen molar-refractivity contribution < 1.29 is 4.79 Å². The van der Waals surface area contributed by atoms with Crippen LogP contribution in [0.1, 0.15) is 43.7 Å². The molecule has 1 unspecified atom stereocenters. The average molecular weight is 259 g/mol. The summed E-state index contributed by atoms with van der Waals surface area (Å²) in [6.07, 6.45) is 3.98. The first-order valence-electron chi connectivity index (χ1n) is 7.49. The summed E-state index contributed by atoms with van der Waals surface area (Å²) in [7, 11) is 0. The van der Waals surface area contributed by atoms with Gasteiger partial charge >= 0.3 is 0 Å². The Morgan fingerprint density at radius 3 is 3.00 bits per heavy atom. The van der Waals surface area contributed by atoms with Crippen LogP contribution in [0, 0.1) is 12.8 Å². The molecule has 0 bridgehead atoms. The number of Topliss-reactive ketones (excluding diaryl/α,β-unsaturated/α-hetero) is 1. The van der Waals surface area contributed by atoms with E-state index >= 15 is 0 Å². The predicted octanol–water partition coefficient (Wildman–Crippen LogP) is 3.58. The summed E-state index contributed by atoms with van der Waals surface area (Å²) < 4.78 is 0. The van der Waals surface area contributed by atoms with Crippen molar-refractivity contribution in [2.75, 3.05) is 13.1 Å². The van der Waals surface area contributed by atoms with Gasteiger partial charge in [0.05, 0.1) is 0 Å². The van der Waals surface area contributed by atoms with Crippen LogP contribution in [-0.2, 0) is 11.3 Å². The molecule has 0 aromatic heterocycles. The third-order valence-corrected chi connectivity index (χ3v) is 3.95. The first-order valence-corrected chi connectivity index (χ1v) is 7.49. The summed E-state index contributed by atoms with van der Waals surface area (Å²) >= 11 is 0. The quantitative estimate of drug-likeness (QED) is 0.805. The number of hydrogen-bond acceptors (Lipinski definition) is 2. The fourth-order valence-electron chi connectivity index (χ4n) is 2.98. The van der Waals surface area contributed by atoms with E-state index in [4.69, 9.17) is 0 Å². The van der Waals surface area contributed by atoms with E-state index < -0.39 is 0 Å². The molecule has 1 aliphatic heterocycles. The van der Waals surface area contributed by atoms with Gasteiger partial charge in [0.2, 0.25) is 0 Å². The zero-order valence-corrected chi connectivity index (χ0v) is 12.2. The monoisotopic (exact) mass is 259 g/mol. The Bertz CT molecular complexity index is 427. The lowest BCUT2D eigenvalue weighted by Crippen LogP contribution is -2.38. The van der Waals surface area contributed by atoms with Crippen LogP contribution >= 0.6 is 0 Å². The molecule has 2 rings (SSSR count). The van der Waals surface area contributed by atoms with Crippen molar-refractivity contribution in [3.63, 3.8) is 0 Å². The van der Waals surface area contributed by atoms with E-state index in [1.165, 1.54) is 11.1 Å². The van der Waals surface area contributed by atoms with Crippen LogP contribution in [-0.4, -0.2) is 23.8 Å². The average Bonchev–Trinajstić information content (AvgIpc) is 2.39. The van der Waals surface area contributed by atoms with Crippen molar-refractivity contribution in [3.8, 4) is 0 Å². The summed E-state index contributed by atoms with van der Waals surface area (Å²) in [5, 5.41) is 0. The minimum atomic E-state index is 0.276. The zero-order valence-electron chi connectivity index (χ0n) is 12.2. The van der Waals surface area contributed by atoms with Crippen LogP contribution in [0.25, 0.3) is 0 Å². The van der Waals surface area contributed by atoms with E-state index in [0.717, 1.165) is 45.3 Å². The molecule has 1 heterocycles. The molecule has 1 aliphatic rings. The number of hydrogen-bond donors (Lipinski definition) is 0. The summed E-state index contributed by atoms with van der Waals surface area (Å²) in [6, 6.07) is 8.68. The van der Waals surface area contributed by atoms with Crippen LogP contribution in [0.3, 0.4) is 0 Å². The number of carbonyl (C=O) groups is 1. The molecule has 1 fully saturated rings. The van der Waals surface area contributed by atoms with Crippen molar-refractivity contribution in [3.05, 3.63) is 35.4 Å². The van der Waals surface area contributed by atoms with Gasteiger partial charge in [-0.15, -0.1) is 0 Å². The normalized spacial score (nSPS) is 20.4. The Kier molecular flexibility index (Phi) is 5.15. The largest absolute Gasteiger partial charge is 0.299 e. The van der Waals surface area contributed by atoms with Gasteiger partial charge in [-0.05, 0) is 38.3 Å². The van der Waals surface area contributed by atoms with E-state index in [2.05, 4.69) is 43.0 Å². The minimum absolute atomic E-state index is 0.276. The van der Waals surface area contributed by atoms with Crippen molar-refractivity contribution in [1.29, 1.82) is 0 Å². The Hall–Kier alpha value is -1.15. The maximum atomic E-state index is 12.0. The lowest BCUT2D eigenvalue weighted by Gasteiger charge is -2.32. The van der Waals surface area contributed by atoms with E-state index in [1.807, 2.05) is 0 Å². The van der Waals surface area contributed by atoms with Crippen molar-refractivity contribution in [1.82, 2.24) is 4.90 Å². The summed E-state index contributed by atoms with van der Waals surface area (Å²) in [4.78, 5) is 14.5. The molecule has 0 spiro atoms. The second kappa shape index (κ2) is 6.85. The number of benzene rings is 1. The molecule has 0 saturated carbocycles. The molecule has 104 valence electrons. The molecule has 1 aromatic rings. The molecule has 0 N–H and O–H groups in total. The highest BCUT2D eigenvalue weighted by atomic mass is 16.1. The lowest BCUT2D eigenvalue weighted by molar-refractivity contribution is -0.124. The Morgan fingerprint density at radius 2 is 2.26 bits per heavy atom. The summed E-state index contributed by atoms with van der Waals surface area (Å²) in [5.41, 5.74) is 2.68. The fourth-order valence-corrected chi connectivity index (χ4v) is 2.98. The van der Waals surface area contributed by atoms with E-state index in [0.29, 0.717) is 5.78 Å². The predicted molar refractivity (Wildman–Crippen MR) is 79.1 cm³/mol. The standard InChI is InChI=1S/C17H25NO/c1-3-6-17(19)16-9-5-10-18(13-16)12-15-8-4-7-14(2)11-15/h4,7-8,11,16H,3,5-6,9-10,12-13H2,1-2H3. The van der Waals surface area contributed by atoms with Gasteiger partial charge < -0.3 is 0 Å². The number of nitrogens with zero attached hydrogens (tertiary/aromatic N) is 1. The molecular formula is C17H25NO. The fraction of sp³-hybridized carbons (Fsp3) is 0.588. The minimum Gasteiger partial charge on any atom is -0.299 e. The van der Waals surface area contributed by atoms with Gasteiger partial charge in [0.1, 0.15) is 5.78 Å². The van der Waals surface area contributed by atoms with Gasteiger partial charge in [0.15, 0.2) is 0 Å². The number of piperidine rings is 1. The number of likely N-dealkylation sites (tertiary alicyclic amines) is 1. The third-order valence-electron chi connectivity index (χ3n) is 3.95. The Labute approximate surface area is 116 Å². The van der Waals surface area contributed by atoms with Crippen LogP contribution in [0.5, 0.6) is 0 Å². The molecule has 2 heteroatoms. The molecule has 2 nitrogen and oxygen atoms in total. The maximum Gasteiger partial charge on any atom is 0.137 e. The van der Waals surface area contributed by atoms with E-state index in [-0.39, 0.29) is 5.92 Å². The summed E-state index contributed by atoms with van der Waals surface area (Å²) in [5.74, 6) is 0.745. The molecule has 1 saturated heterocycles. The summed E-state index contributed by atoms with van der Waals surface area (Å²) in [6.45, 7) is 7.28. The number of carbonyl (C=O) groups excluding carboxylic acids is 1. The van der Waals surface area contributed by atoms with Crippen molar-refractivity contribution >= 4 is 5.78 Å². The van der Waals surface area contributed by atoms with Crippen molar-refractivity contribution in [2.24, 2.45) is 5.92 Å². The maximum absolute atomic E-state index is 12.0. The van der Waals surface area contributed by atoms with Gasteiger partial charge in [0, 0.05) is 25.4 Å². The van der Waals surface area contributed by atoms with Gasteiger partial charge in [-0.2, -0.15) is 0 Å². The van der Waals surface area contributed by atoms with Gasteiger partial charge in [0.25, 0.3) is 0 Å². The highest BCUT2D eigenvalue weighted by Gasteiger charge is 2.24. The van der Waals surface area contributed by atoms with Gasteiger partial charge in [-0.1, -0.05) is 36.8 Å². The van der Waals surface area contributed by atoms with Gasteiger partial charge in [-0.3, -0.25) is 9.69 Å². The van der Waals surface area contributed by atoms with Crippen LogP contribution in [0.4, 0.5) is 0 Å². The van der Waals surface area contributed by atoms with Crippen LogP contribution in [0.15, 0.2) is 24.3 Å². The highest BCUT2D eigenvalue weighted by Crippen LogP contribution is 2.21. The van der Waals surface area contributed by atoms with E-state index in [1.54, 1.807) is 0 Å². The molecule has 19 heavy (non-hydrogen) atoms. The smallest absolute Gasteiger partial charge is 0.137 e. The van der Waals surface area contributed by atoms with Crippen molar-refractivity contribution in [2.45, 2.75) is 46.1 Å². The second-order valence-electron chi connectivity index (χ2n) is 5.78. The Balaban J connectivity index is 1.92. The number of aryl methyl sites for hydroxylation is 1. The third kappa shape index (κ3) is 4.17. The Morgan fingerprint density at radius 1 is 1.42 bits per heavy atom. The molecule has 0 aliphatic carbocycles. The molecular weight excluding hydrogens is 234 g/mol. The SMILES string of the molecule is CCCC(=O)C1CCCN(Cc2cccc(C)c2)C1. The molecule has 0 amide bonds. The van der Waals surface area contributed by atoms with Crippen LogP contribution < -0.4 is 0 Å². The van der Waals surface area contributed by atoms with Crippen LogP contribution in [0.2, 0.25) is 0 Å². The van der Waals surface area contributed by atoms with Gasteiger partial charge in [-0.25, -0.2) is 0 Å². The number of ketones is 1. The highest BCUT2D eigenvalue weighted by molar-refractivity contribution is 5.81. The topological polar surface area (TPSA) is 20.3 Å². The molecule has 1 aromatic carbocycles. The lowest BCUT2D eigenvalue weighted by atomic mass is 9.91. The first kappa shape index (κ1) is 14.3.